The maximum atomic E-state index is 11.8. The van der Waals surface area contributed by atoms with Gasteiger partial charge in [-0.25, -0.2) is 0 Å². The molecule has 7 heteroatoms. The second kappa shape index (κ2) is 7.47. The number of piperidine rings is 1. The van der Waals surface area contributed by atoms with Crippen LogP contribution in [-0.4, -0.2) is 48.7 Å². The first-order valence-corrected chi connectivity index (χ1v) is 6.30. The molecule has 1 aromatic rings. The summed E-state index contributed by atoms with van der Waals surface area (Å²) in [5.41, 5.74) is 0. The van der Waals surface area contributed by atoms with E-state index in [4.69, 9.17) is 4.52 Å². The number of likely N-dealkylation sites (tertiary alicyclic amines) is 1. The van der Waals surface area contributed by atoms with Crippen molar-refractivity contribution in [2.75, 3.05) is 32.0 Å². The predicted molar refractivity (Wildman–Crippen MR) is 75.6 cm³/mol. The zero-order chi connectivity index (χ0) is 13.0. The van der Waals surface area contributed by atoms with E-state index in [2.05, 4.69) is 20.7 Å². The summed E-state index contributed by atoms with van der Waals surface area (Å²) in [7, 11) is 1.99. The van der Waals surface area contributed by atoms with Gasteiger partial charge >= 0.3 is 0 Å². The van der Waals surface area contributed by atoms with Crippen LogP contribution in [0.25, 0.3) is 0 Å². The van der Waals surface area contributed by atoms with Gasteiger partial charge in [0.05, 0.1) is 6.54 Å². The van der Waals surface area contributed by atoms with Crippen LogP contribution in [0.3, 0.4) is 0 Å². The molecule has 0 unspecified atom stereocenters. The van der Waals surface area contributed by atoms with Gasteiger partial charge < -0.3 is 15.2 Å². The van der Waals surface area contributed by atoms with Crippen LogP contribution in [0.1, 0.15) is 18.6 Å². The zero-order valence-corrected chi connectivity index (χ0v) is 12.1. The van der Waals surface area contributed by atoms with Crippen LogP contribution in [0, 0.1) is 6.92 Å². The Balaban J connectivity index is 0.00000180. The fourth-order valence-electron chi connectivity index (χ4n) is 2.19. The highest BCUT2D eigenvalue weighted by Crippen LogP contribution is 2.10. The second-order valence-corrected chi connectivity index (χ2v) is 4.71. The summed E-state index contributed by atoms with van der Waals surface area (Å²) in [5, 5.41) is 9.74. The number of aryl methyl sites for hydroxylation is 1. The molecule has 1 saturated heterocycles. The first kappa shape index (κ1) is 15.9. The summed E-state index contributed by atoms with van der Waals surface area (Å²) in [4.78, 5) is 14.0. The van der Waals surface area contributed by atoms with Crippen LogP contribution in [0.5, 0.6) is 0 Å². The summed E-state index contributed by atoms with van der Waals surface area (Å²) in [6, 6.07) is 2.30. The Morgan fingerprint density at radius 2 is 2.21 bits per heavy atom. The van der Waals surface area contributed by atoms with Gasteiger partial charge in [-0.3, -0.25) is 9.69 Å². The summed E-state index contributed by atoms with van der Waals surface area (Å²) >= 11 is 0. The van der Waals surface area contributed by atoms with Crippen molar-refractivity contribution < 1.29 is 9.32 Å². The third-order valence-electron chi connectivity index (χ3n) is 3.26. The number of carbonyl (C=O) groups is 1. The lowest BCUT2D eigenvalue weighted by Gasteiger charge is -2.30. The van der Waals surface area contributed by atoms with Crippen molar-refractivity contribution in [2.24, 2.45) is 0 Å². The molecule has 1 aliphatic rings. The molecule has 6 nitrogen and oxygen atoms in total. The third kappa shape index (κ3) is 4.81. The Morgan fingerprint density at radius 3 is 2.74 bits per heavy atom. The number of nitrogens with one attached hydrogen (secondary N) is 2. The van der Waals surface area contributed by atoms with Gasteiger partial charge in [0.15, 0.2) is 5.82 Å². The van der Waals surface area contributed by atoms with E-state index in [0.717, 1.165) is 25.9 Å². The molecule has 2 heterocycles. The minimum atomic E-state index is -0.0359. The van der Waals surface area contributed by atoms with E-state index in [1.165, 1.54) is 0 Å². The average Bonchev–Trinajstić information content (AvgIpc) is 2.75. The van der Waals surface area contributed by atoms with Gasteiger partial charge in [-0.05, 0) is 26.8 Å². The monoisotopic (exact) mass is 288 g/mol. The Morgan fingerprint density at radius 1 is 1.53 bits per heavy atom. The molecule has 0 atom stereocenters. The summed E-state index contributed by atoms with van der Waals surface area (Å²) in [6.45, 7) is 4.13. The quantitative estimate of drug-likeness (QED) is 0.866. The SMILES string of the molecule is CNC1CCN(CC(=O)Nc2cc(C)on2)CC1.Cl. The molecule has 1 aromatic heterocycles. The van der Waals surface area contributed by atoms with Crippen molar-refractivity contribution in [1.29, 1.82) is 0 Å². The molecule has 1 aliphatic heterocycles. The van der Waals surface area contributed by atoms with Crippen molar-refractivity contribution in [3.8, 4) is 0 Å². The van der Waals surface area contributed by atoms with Crippen LogP contribution in [0.2, 0.25) is 0 Å². The van der Waals surface area contributed by atoms with Crippen molar-refractivity contribution in [3.63, 3.8) is 0 Å². The van der Waals surface area contributed by atoms with E-state index in [-0.39, 0.29) is 18.3 Å². The smallest absolute Gasteiger partial charge is 0.239 e. The normalized spacial score (nSPS) is 16.9. The maximum absolute atomic E-state index is 11.8. The van der Waals surface area contributed by atoms with E-state index < -0.39 is 0 Å². The molecule has 0 bridgehead atoms. The van der Waals surface area contributed by atoms with Gasteiger partial charge in [0.25, 0.3) is 0 Å². The molecular weight excluding hydrogens is 268 g/mol. The molecule has 2 N–H and O–H groups in total. The Labute approximate surface area is 119 Å². The van der Waals surface area contributed by atoms with Crippen molar-refractivity contribution in [2.45, 2.75) is 25.8 Å². The largest absolute Gasteiger partial charge is 0.360 e. The molecule has 0 aromatic carbocycles. The summed E-state index contributed by atoms with van der Waals surface area (Å²) in [5.74, 6) is 1.15. The van der Waals surface area contributed by atoms with Gasteiger partial charge in [0, 0.05) is 25.2 Å². The highest BCUT2D eigenvalue weighted by Gasteiger charge is 2.19. The molecule has 1 amide bonds. The molecule has 0 saturated carbocycles. The highest BCUT2D eigenvalue weighted by atomic mass is 35.5. The number of nitrogens with zero attached hydrogens (tertiary/aromatic N) is 2. The molecular formula is C12H21ClN4O2. The molecule has 2 rings (SSSR count). The first-order valence-electron chi connectivity index (χ1n) is 6.30. The van der Waals surface area contributed by atoms with Crippen LogP contribution < -0.4 is 10.6 Å². The van der Waals surface area contributed by atoms with Gasteiger partial charge in [-0.2, -0.15) is 0 Å². The van der Waals surface area contributed by atoms with Crippen LogP contribution >= 0.6 is 12.4 Å². The van der Waals surface area contributed by atoms with E-state index in [1.807, 2.05) is 7.05 Å². The average molecular weight is 289 g/mol. The highest BCUT2D eigenvalue weighted by molar-refractivity contribution is 5.91. The van der Waals surface area contributed by atoms with Crippen LogP contribution in [0.15, 0.2) is 10.6 Å². The summed E-state index contributed by atoms with van der Waals surface area (Å²) < 4.78 is 4.90. The van der Waals surface area contributed by atoms with E-state index in [0.29, 0.717) is 24.2 Å². The minimum absolute atomic E-state index is 0. The lowest BCUT2D eigenvalue weighted by molar-refractivity contribution is -0.117. The van der Waals surface area contributed by atoms with Crippen molar-refractivity contribution in [1.82, 2.24) is 15.4 Å². The number of hydrogen-bond donors (Lipinski definition) is 2. The van der Waals surface area contributed by atoms with E-state index >= 15 is 0 Å². The minimum Gasteiger partial charge on any atom is -0.360 e. The zero-order valence-electron chi connectivity index (χ0n) is 11.3. The van der Waals surface area contributed by atoms with E-state index in [9.17, 15) is 4.79 Å². The standard InChI is InChI=1S/C12H20N4O2.ClH/c1-9-7-11(15-18-9)14-12(17)8-16-5-3-10(13-2)4-6-16;/h7,10,13H,3-6,8H2,1-2H3,(H,14,15,17);1H. The predicted octanol–water partition coefficient (Wildman–Crippen LogP) is 1.03. The van der Waals surface area contributed by atoms with Crippen LogP contribution in [-0.2, 0) is 4.79 Å². The fraction of sp³-hybridized carbons (Fsp3) is 0.667. The van der Waals surface area contributed by atoms with E-state index in [1.54, 1.807) is 13.0 Å². The number of halogens is 1. The Bertz CT molecular complexity index is 402. The lowest BCUT2D eigenvalue weighted by atomic mass is 10.1. The molecule has 0 aliphatic carbocycles. The topological polar surface area (TPSA) is 70.4 Å². The van der Waals surface area contributed by atoms with Gasteiger partial charge in [-0.15, -0.1) is 12.4 Å². The number of aromatic nitrogens is 1. The van der Waals surface area contributed by atoms with Crippen molar-refractivity contribution in [3.05, 3.63) is 11.8 Å². The Hall–Kier alpha value is -1.11. The molecule has 108 valence electrons. The molecule has 0 spiro atoms. The number of carbonyl (C=O) groups excluding carboxylic acids is 1. The number of rotatable bonds is 4. The second-order valence-electron chi connectivity index (χ2n) is 4.71. The molecule has 1 fully saturated rings. The fourth-order valence-corrected chi connectivity index (χ4v) is 2.19. The summed E-state index contributed by atoms with van der Waals surface area (Å²) in [6.07, 6.45) is 2.18. The number of anilines is 1. The molecule has 19 heavy (non-hydrogen) atoms. The maximum Gasteiger partial charge on any atom is 0.239 e. The number of amides is 1. The Kier molecular flexibility index (Phi) is 6.27. The lowest BCUT2D eigenvalue weighted by Crippen LogP contribution is -2.44. The van der Waals surface area contributed by atoms with Crippen LogP contribution in [0.4, 0.5) is 5.82 Å². The third-order valence-corrected chi connectivity index (χ3v) is 3.26. The van der Waals surface area contributed by atoms with Crippen molar-refractivity contribution >= 4 is 24.1 Å². The van der Waals surface area contributed by atoms with Gasteiger partial charge in [-0.1, -0.05) is 5.16 Å². The number of hydrogen-bond acceptors (Lipinski definition) is 5. The van der Waals surface area contributed by atoms with Gasteiger partial charge in [0.1, 0.15) is 5.76 Å². The first-order chi connectivity index (χ1) is 8.67. The molecule has 0 radical (unpaired) electrons. The van der Waals surface area contributed by atoms with Gasteiger partial charge in [0.2, 0.25) is 5.91 Å².